The van der Waals surface area contributed by atoms with E-state index in [2.05, 4.69) is 5.10 Å². The average Bonchev–Trinajstić information content (AvgIpc) is 2.32. The Bertz CT molecular complexity index is 286. The van der Waals surface area contributed by atoms with Crippen molar-refractivity contribution in [1.82, 2.24) is 9.78 Å². The summed E-state index contributed by atoms with van der Waals surface area (Å²) in [6, 6.07) is 0. The molecule has 0 spiro atoms. The second-order valence-corrected chi connectivity index (χ2v) is 3.21. The Balaban J connectivity index is 2.94. The van der Waals surface area contributed by atoms with Gasteiger partial charge in [-0.2, -0.15) is 27.3 Å². The molecule has 1 aromatic heterocycles. The van der Waals surface area contributed by atoms with Crippen LogP contribution in [0.1, 0.15) is 12.1 Å². The van der Waals surface area contributed by atoms with Crippen LogP contribution in [0.2, 0.25) is 0 Å². The maximum absolute atomic E-state index is 12.1. The molecule has 74 valence electrons. The van der Waals surface area contributed by atoms with Crippen molar-refractivity contribution >= 4 is 11.8 Å². The van der Waals surface area contributed by atoms with Gasteiger partial charge in [-0.25, -0.2) is 0 Å². The molecule has 0 unspecified atom stereocenters. The van der Waals surface area contributed by atoms with E-state index in [1.165, 1.54) is 6.92 Å². The van der Waals surface area contributed by atoms with Gasteiger partial charge in [0, 0.05) is 5.56 Å². The third-order valence-corrected chi connectivity index (χ3v) is 2.22. The monoisotopic (exact) mass is 214 g/mol. The van der Waals surface area contributed by atoms with E-state index in [9.17, 15) is 17.6 Å². The zero-order chi connectivity index (χ0) is 10.0. The summed E-state index contributed by atoms with van der Waals surface area (Å²) in [6.07, 6.45) is 1.14. The van der Waals surface area contributed by atoms with Gasteiger partial charge in [-0.05, 0) is 18.7 Å². The van der Waals surface area contributed by atoms with Crippen LogP contribution in [0.25, 0.3) is 0 Å². The Morgan fingerprint density at radius 3 is 2.46 bits per heavy atom. The summed E-state index contributed by atoms with van der Waals surface area (Å²) in [5.41, 5.74) is 0.325. The SMILES string of the molecule is Cc1cnn(C(F)F)c1SC(F)F. The molecule has 0 amide bonds. The molecule has 2 nitrogen and oxygen atoms in total. The largest absolute Gasteiger partial charge is 0.334 e. The normalized spacial score (nSPS) is 11.6. The highest BCUT2D eigenvalue weighted by Crippen LogP contribution is 2.30. The first-order valence-corrected chi connectivity index (χ1v) is 4.17. The van der Waals surface area contributed by atoms with E-state index in [0.29, 0.717) is 5.56 Å². The van der Waals surface area contributed by atoms with Crippen LogP contribution < -0.4 is 0 Å². The Kier molecular flexibility index (Phi) is 3.18. The fourth-order valence-corrected chi connectivity index (χ4v) is 1.45. The molecule has 1 rings (SSSR count). The van der Waals surface area contributed by atoms with Crippen molar-refractivity contribution in [3.63, 3.8) is 0 Å². The quantitative estimate of drug-likeness (QED) is 0.568. The first-order chi connectivity index (χ1) is 6.02. The molecule has 0 aliphatic carbocycles. The van der Waals surface area contributed by atoms with Crippen molar-refractivity contribution in [1.29, 1.82) is 0 Å². The third kappa shape index (κ3) is 2.36. The summed E-state index contributed by atoms with van der Waals surface area (Å²) in [5.74, 6) is -2.71. The maximum atomic E-state index is 12.1. The van der Waals surface area contributed by atoms with E-state index < -0.39 is 12.3 Å². The van der Waals surface area contributed by atoms with Crippen LogP contribution >= 0.6 is 11.8 Å². The van der Waals surface area contributed by atoms with Gasteiger partial charge in [-0.1, -0.05) is 0 Å². The molecule has 0 atom stereocenters. The van der Waals surface area contributed by atoms with Crippen molar-refractivity contribution in [2.45, 2.75) is 24.3 Å². The fourth-order valence-electron chi connectivity index (χ4n) is 0.808. The van der Waals surface area contributed by atoms with Crippen LogP contribution in [0, 0.1) is 6.92 Å². The first-order valence-electron chi connectivity index (χ1n) is 3.29. The lowest BCUT2D eigenvalue weighted by molar-refractivity contribution is 0.0471. The van der Waals surface area contributed by atoms with Crippen LogP contribution in [0.15, 0.2) is 11.2 Å². The van der Waals surface area contributed by atoms with Crippen LogP contribution in [0.4, 0.5) is 17.6 Å². The van der Waals surface area contributed by atoms with Crippen LogP contribution in [-0.4, -0.2) is 15.5 Å². The average molecular weight is 214 g/mol. The smallest absolute Gasteiger partial charge is 0.198 e. The number of rotatable bonds is 3. The van der Waals surface area contributed by atoms with Gasteiger partial charge in [0.25, 0.3) is 5.76 Å². The van der Waals surface area contributed by atoms with Crippen LogP contribution in [0.5, 0.6) is 0 Å². The number of hydrogen-bond donors (Lipinski definition) is 0. The van der Waals surface area contributed by atoms with Gasteiger partial charge >= 0.3 is 6.55 Å². The topological polar surface area (TPSA) is 17.8 Å². The minimum atomic E-state index is -2.88. The van der Waals surface area contributed by atoms with Crippen molar-refractivity contribution in [3.8, 4) is 0 Å². The number of aryl methyl sites for hydroxylation is 1. The Morgan fingerprint density at radius 2 is 2.00 bits per heavy atom. The van der Waals surface area contributed by atoms with E-state index in [4.69, 9.17) is 0 Å². The lowest BCUT2D eigenvalue weighted by atomic mass is 10.4. The van der Waals surface area contributed by atoms with Gasteiger partial charge in [-0.3, -0.25) is 0 Å². The van der Waals surface area contributed by atoms with E-state index in [1.807, 2.05) is 0 Å². The molecule has 0 aliphatic rings. The number of thioether (sulfide) groups is 1. The van der Waals surface area contributed by atoms with Gasteiger partial charge in [0.1, 0.15) is 5.03 Å². The van der Waals surface area contributed by atoms with Gasteiger partial charge in [0.05, 0.1) is 6.20 Å². The fraction of sp³-hybridized carbons (Fsp3) is 0.500. The molecular weight excluding hydrogens is 208 g/mol. The molecule has 7 heteroatoms. The zero-order valence-electron chi connectivity index (χ0n) is 6.55. The summed E-state index contributed by atoms with van der Waals surface area (Å²) in [4.78, 5) is 0. The molecule has 13 heavy (non-hydrogen) atoms. The van der Waals surface area contributed by atoms with Gasteiger partial charge < -0.3 is 0 Å². The highest BCUT2D eigenvalue weighted by molar-refractivity contribution is 7.99. The molecule has 0 bridgehead atoms. The van der Waals surface area contributed by atoms with Crippen molar-refractivity contribution in [3.05, 3.63) is 11.8 Å². The van der Waals surface area contributed by atoms with E-state index in [-0.39, 0.29) is 21.5 Å². The highest BCUT2D eigenvalue weighted by atomic mass is 32.2. The molecule has 0 saturated heterocycles. The molecule has 0 aliphatic heterocycles. The van der Waals surface area contributed by atoms with E-state index >= 15 is 0 Å². The van der Waals surface area contributed by atoms with Crippen molar-refractivity contribution in [2.75, 3.05) is 0 Å². The molecule has 0 radical (unpaired) electrons. The van der Waals surface area contributed by atoms with Gasteiger partial charge in [0.2, 0.25) is 0 Å². The molecule has 0 aromatic carbocycles. The second kappa shape index (κ2) is 3.99. The van der Waals surface area contributed by atoms with Crippen molar-refractivity contribution in [2.24, 2.45) is 0 Å². The van der Waals surface area contributed by atoms with Crippen LogP contribution in [-0.2, 0) is 0 Å². The lowest BCUT2D eigenvalue weighted by Gasteiger charge is -2.05. The lowest BCUT2D eigenvalue weighted by Crippen LogP contribution is -2.02. The number of nitrogens with zero attached hydrogens (tertiary/aromatic N) is 2. The summed E-state index contributed by atoms with van der Waals surface area (Å²) in [7, 11) is 0. The first kappa shape index (κ1) is 10.4. The van der Waals surface area contributed by atoms with E-state index in [0.717, 1.165) is 6.20 Å². The molecule has 0 fully saturated rings. The summed E-state index contributed by atoms with van der Waals surface area (Å²) in [5, 5.41) is 3.09. The molecular formula is C6H6F4N2S. The molecule has 1 aromatic rings. The Morgan fingerprint density at radius 1 is 1.38 bits per heavy atom. The number of hydrogen-bond acceptors (Lipinski definition) is 2. The van der Waals surface area contributed by atoms with Crippen molar-refractivity contribution < 1.29 is 17.6 Å². The Labute approximate surface area is 75.9 Å². The minimum Gasteiger partial charge on any atom is -0.198 e. The Hall–Kier alpha value is -0.720. The third-order valence-electron chi connectivity index (χ3n) is 1.31. The maximum Gasteiger partial charge on any atom is 0.334 e. The summed E-state index contributed by atoms with van der Waals surface area (Å²) >= 11 is 0.0738. The summed E-state index contributed by atoms with van der Waals surface area (Å²) in [6.45, 7) is -1.42. The molecule has 0 saturated carbocycles. The van der Waals surface area contributed by atoms with Crippen LogP contribution in [0.3, 0.4) is 0 Å². The summed E-state index contributed by atoms with van der Waals surface area (Å²) < 4.78 is 48.3. The highest BCUT2D eigenvalue weighted by Gasteiger charge is 2.18. The zero-order valence-corrected chi connectivity index (χ0v) is 7.36. The number of alkyl halides is 4. The predicted molar refractivity (Wildman–Crippen MR) is 40.1 cm³/mol. The second-order valence-electron chi connectivity index (χ2n) is 2.23. The number of aromatic nitrogens is 2. The molecule has 0 N–H and O–H groups in total. The van der Waals surface area contributed by atoms with E-state index in [1.54, 1.807) is 0 Å². The predicted octanol–water partition coefficient (Wildman–Crippen LogP) is 2.90. The standard InChI is InChI=1S/C6H6F4N2S/c1-3-2-11-12(5(7)8)4(3)13-6(9)10/h2,5-6H,1H3. The van der Waals surface area contributed by atoms with Gasteiger partial charge in [-0.15, -0.1) is 0 Å². The molecule has 1 heterocycles. The minimum absolute atomic E-state index is 0.0738. The number of halogens is 4. The van der Waals surface area contributed by atoms with Gasteiger partial charge in [0.15, 0.2) is 0 Å².